The number of aromatic nitrogens is 2. The van der Waals surface area contributed by atoms with Crippen LogP contribution in [0, 0.1) is 6.92 Å². The van der Waals surface area contributed by atoms with Crippen molar-refractivity contribution >= 4 is 22.0 Å². The van der Waals surface area contributed by atoms with Gasteiger partial charge in [0.05, 0.1) is 22.3 Å². The SMILES string of the molecule is Cc1ccc(C(=O)O)cc1S(=O)(=O)N1CCN(Cc2c(C(=O)O)cnn2C)CC1. The Morgan fingerprint density at radius 1 is 1.10 bits per heavy atom. The molecule has 2 aromatic rings. The molecule has 0 spiro atoms. The molecule has 1 aliphatic heterocycles. The van der Waals surface area contributed by atoms with Crippen LogP contribution in [0.3, 0.4) is 0 Å². The summed E-state index contributed by atoms with van der Waals surface area (Å²) < 4.78 is 28.9. The molecule has 0 atom stereocenters. The summed E-state index contributed by atoms with van der Waals surface area (Å²) >= 11 is 0. The number of nitrogens with zero attached hydrogens (tertiary/aromatic N) is 4. The third-order valence-electron chi connectivity index (χ3n) is 5.05. The van der Waals surface area contributed by atoms with Crippen molar-refractivity contribution in [3.8, 4) is 0 Å². The van der Waals surface area contributed by atoms with Gasteiger partial charge >= 0.3 is 11.9 Å². The van der Waals surface area contributed by atoms with Gasteiger partial charge in [-0.25, -0.2) is 18.0 Å². The first kappa shape index (κ1) is 21.0. The number of rotatable bonds is 6. The highest BCUT2D eigenvalue weighted by molar-refractivity contribution is 7.89. The number of hydrogen-bond acceptors (Lipinski definition) is 6. The van der Waals surface area contributed by atoms with Crippen LogP contribution in [-0.2, 0) is 23.6 Å². The normalized spacial score (nSPS) is 16.1. The summed E-state index contributed by atoms with van der Waals surface area (Å²) in [5.41, 5.74) is 1.09. The van der Waals surface area contributed by atoms with Crippen LogP contribution < -0.4 is 0 Å². The van der Waals surface area contributed by atoms with E-state index >= 15 is 0 Å². The molecule has 1 aromatic carbocycles. The molecule has 1 aliphatic rings. The third-order valence-corrected chi connectivity index (χ3v) is 7.09. The van der Waals surface area contributed by atoms with Crippen molar-refractivity contribution in [2.24, 2.45) is 7.05 Å². The summed E-state index contributed by atoms with van der Waals surface area (Å²) in [4.78, 5) is 24.5. The van der Waals surface area contributed by atoms with Crippen molar-refractivity contribution in [3.63, 3.8) is 0 Å². The molecule has 0 unspecified atom stereocenters. The minimum absolute atomic E-state index is 0.00866. The predicted octanol–water partition coefficient (Wildman–Crippen LogP) is 0.631. The van der Waals surface area contributed by atoms with Gasteiger partial charge in [-0.2, -0.15) is 9.40 Å². The zero-order chi connectivity index (χ0) is 21.3. The van der Waals surface area contributed by atoms with Crippen LogP contribution in [0.25, 0.3) is 0 Å². The van der Waals surface area contributed by atoms with Crippen molar-refractivity contribution in [1.29, 1.82) is 0 Å². The zero-order valence-corrected chi connectivity index (χ0v) is 16.9. The molecule has 11 heteroatoms. The molecule has 1 aromatic heterocycles. The Morgan fingerprint density at radius 2 is 1.76 bits per heavy atom. The maximum Gasteiger partial charge on any atom is 0.339 e. The molecule has 1 fully saturated rings. The van der Waals surface area contributed by atoms with Gasteiger partial charge in [0.15, 0.2) is 0 Å². The van der Waals surface area contributed by atoms with Gasteiger partial charge in [0, 0.05) is 39.8 Å². The van der Waals surface area contributed by atoms with Gasteiger partial charge in [0.1, 0.15) is 5.56 Å². The number of carboxylic acid groups (broad SMARTS) is 2. The molecule has 0 aliphatic carbocycles. The molecule has 156 valence electrons. The highest BCUT2D eigenvalue weighted by Crippen LogP contribution is 2.23. The topological polar surface area (TPSA) is 133 Å². The Morgan fingerprint density at radius 3 is 2.34 bits per heavy atom. The number of aryl methyl sites for hydroxylation is 2. The first-order valence-corrected chi connectivity index (χ1v) is 10.4. The molecule has 3 rings (SSSR count). The van der Waals surface area contributed by atoms with Crippen LogP contribution in [0.15, 0.2) is 29.3 Å². The van der Waals surface area contributed by atoms with Crippen LogP contribution >= 0.6 is 0 Å². The van der Waals surface area contributed by atoms with Crippen molar-refractivity contribution in [1.82, 2.24) is 19.0 Å². The van der Waals surface area contributed by atoms with Crippen LogP contribution in [0.4, 0.5) is 0 Å². The summed E-state index contributed by atoms with van der Waals surface area (Å²) in [6, 6.07) is 4.05. The van der Waals surface area contributed by atoms with Crippen LogP contribution in [0.2, 0.25) is 0 Å². The van der Waals surface area contributed by atoms with Gasteiger partial charge in [0.25, 0.3) is 0 Å². The minimum Gasteiger partial charge on any atom is -0.478 e. The van der Waals surface area contributed by atoms with Crippen molar-refractivity contribution < 1.29 is 28.2 Å². The predicted molar refractivity (Wildman–Crippen MR) is 102 cm³/mol. The number of carbonyl (C=O) groups is 2. The van der Waals surface area contributed by atoms with E-state index in [4.69, 9.17) is 5.11 Å². The largest absolute Gasteiger partial charge is 0.478 e. The lowest BCUT2D eigenvalue weighted by Gasteiger charge is -2.34. The van der Waals surface area contributed by atoms with Crippen LogP contribution in [0.1, 0.15) is 32.0 Å². The molecule has 0 saturated carbocycles. The fourth-order valence-corrected chi connectivity index (χ4v) is 4.99. The lowest BCUT2D eigenvalue weighted by atomic mass is 10.1. The van der Waals surface area contributed by atoms with E-state index in [0.29, 0.717) is 30.9 Å². The number of hydrogen-bond donors (Lipinski definition) is 2. The monoisotopic (exact) mass is 422 g/mol. The Bertz CT molecular complexity index is 1050. The van der Waals surface area contributed by atoms with E-state index < -0.39 is 22.0 Å². The summed E-state index contributed by atoms with van der Waals surface area (Å²) in [7, 11) is -2.16. The molecule has 2 N–H and O–H groups in total. The second-order valence-corrected chi connectivity index (χ2v) is 8.81. The number of carboxylic acids is 2. The first-order valence-electron chi connectivity index (χ1n) is 8.92. The van der Waals surface area contributed by atoms with E-state index in [0.717, 1.165) is 0 Å². The van der Waals surface area contributed by atoms with Gasteiger partial charge in [-0.1, -0.05) is 6.07 Å². The molecular weight excluding hydrogens is 400 g/mol. The van der Waals surface area contributed by atoms with Crippen molar-refractivity contribution in [2.75, 3.05) is 26.2 Å². The van der Waals surface area contributed by atoms with Gasteiger partial charge in [-0.3, -0.25) is 9.58 Å². The van der Waals surface area contributed by atoms with E-state index in [-0.39, 0.29) is 29.1 Å². The highest BCUT2D eigenvalue weighted by atomic mass is 32.2. The van der Waals surface area contributed by atoms with Crippen molar-refractivity contribution in [3.05, 3.63) is 46.8 Å². The van der Waals surface area contributed by atoms with E-state index in [1.54, 1.807) is 14.0 Å². The molecule has 0 amide bonds. The summed E-state index contributed by atoms with van der Waals surface area (Å²) in [5, 5.41) is 22.4. The van der Waals surface area contributed by atoms with Crippen LogP contribution in [0.5, 0.6) is 0 Å². The van der Waals surface area contributed by atoms with Crippen molar-refractivity contribution in [2.45, 2.75) is 18.4 Å². The molecule has 10 nitrogen and oxygen atoms in total. The lowest BCUT2D eigenvalue weighted by Crippen LogP contribution is -2.48. The fourth-order valence-electron chi connectivity index (χ4n) is 3.32. The second-order valence-electron chi connectivity index (χ2n) is 6.90. The van der Waals surface area contributed by atoms with E-state index in [9.17, 15) is 23.1 Å². The lowest BCUT2D eigenvalue weighted by molar-refractivity contribution is 0.0684. The third kappa shape index (κ3) is 4.16. The Labute approximate surface area is 168 Å². The second kappa shape index (κ2) is 7.93. The van der Waals surface area contributed by atoms with E-state index in [1.807, 2.05) is 4.90 Å². The Balaban J connectivity index is 1.74. The van der Waals surface area contributed by atoms with Crippen LogP contribution in [-0.4, -0.2) is 75.7 Å². The zero-order valence-electron chi connectivity index (χ0n) is 16.1. The molecule has 0 bridgehead atoms. The van der Waals surface area contributed by atoms with Gasteiger partial charge < -0.3 is 10.2 Å². The van der Waals surface area contributed by atoms with E-state index in [1.165, 1.54) is 33.4 Å². The minimum atomic E-state index is -3.83. The molecule has 0 radical (unpaired) electrons. The quantitative estimate of drug-likeness (QED) is 0.693. The first-order chi connectivity index (χ1) is 13.6. The van der Waals surface area contributed by atoms with Gasteiger partial charge in [0.2, 0.25) is 10.0 Å². The summed E-state index contributed by atoms with van der Waals surface area (Å²) in [5.74, 6) is -2.24. The molecular formula is C18H22N4O6S. The number of aromatic carboxylic acids is 2. The highest BCUT2D eigenvalue weighted by Gasteiger charge is 2.31. The number of sulfonamides is 1. The average molecular weight is 422 g/mol. The standard InChI is InChI=1S/C18H22N4O6S/c1-12-3-4-13(17(23)24)9-16(12)29(27,28)22-7-5-21(6-8-22)11-15-14(18(25)26)10-19-20(15)2/h3-4,9-10H,5-8,11H2,1-2H3,(H,23,24)(H,25,26). The number of piperazine rings is 1. The smallest absolute Gasteiger partial charge is 0.339 e. The van der Waals surface area contributed by atoms with Gasteiger partial charge in [-0.15, -0.1) is 0 Å². The molecule has 2 heterocycles. The molecule has 29 heavy (non-hydrogen) atoms. The fraction of sp³-hybridized carbons (Fsp3) is 0.389. The van der Waals surface area contributed by atoms with E-state index in [2.05, 4.69) is 5.10 Å². The number of benzene rings is 1. The Kier molecular flexibility index (Phi) is 5.73. The maximum absolute atomic E-state index is 13.0. The summed E-state index contributed by atoms with van der Waals surface area (Å²) in [6.45, 7) is 3.26. The summed E-state index contributed by atoms with van der Waals surface area (Å²) in [6.07, 6.45) is 1.30. The molecule has 1 saturated heterocycles. The average Bonchev–Trinajstić information content (AvgIpc) is 3.03. The Hall–Kier alpha value is -2.76. The maximum atomic E-state index is 13.0. The van der Waals surface area contributed by atoms with Gasteiger partial charge in [-0.05, 0) is 24.6 Å².